The van der Waals surface area contributed by atoms with Crippen LogP contribution in [-0.2, 0) is 11.3 Å². The van der Waals surface area contributed by atoms with Crippen LogP contribution < -0.4 is 5.32 Å². The Balaban J connectivity index is 2.68. The molecule has 0 aliphatic carbocycles. The molecule has 1 aromatic carbocycles. The Kier molecular flexibility index (Phi) is 3.48. The van der Waals surface area contributed by atoms with E-state index >= 15 is 0 Å². The predicted molar refractivity (Wildman–Crippen MR) is 62.5 cm³/mol. The Morgan fingerprint density at radius 2 is 1.73 bits per heavy atom. The number of carbonyl (C=O) groups is 1. The van der Waals surface area contributed by atoms with Crippen LogP contribution in [0.4, 0.5) is 5.69 Å². The molecule has 0 aliphatic heterocycles. The van der Waals surface area contributed by atoms with E-state index in [0.717, 1.165) is 16.7 Å². The normalized spacial score (nSPS) is 11.2. The van der Waals surface area contributed by atoms with Crippen molar-refractivity contribution in [2.75, 3.05) is 26.5 Å². The molecule has 0 bridgehead atoms. The molecule has 3 nitrogen and oxygen atoms in total. The van der Waals surface area contributed by atoms with E-state index in [1.165, 1.54) is 12.5 Å². The molecule has 0 spiro atoms. The van der Waals surface area contributed by atoms with Crippen molar-refractivity contribution in [2.24, 2.45) is 0 Å². The monoisotopic (exact) mass is 207 g/mol. The molecule has 0 aliphatic rings. The highest BCUT2D eigenvalue weighted by atomic mass is 16.1. The fraction of sp³-hybridized carbons (Fsp3) is 0.417. The molecule has 82 valence electrons. The van der Waals surface area contributed by atoms with E-state index < -0.39 is 0 Å². The van der Waals surface area contributed by atoms with Crippen LogP contribution in [0.15, 0.2) is 24.3 Å². The largest absolute Gasteiger partial charge is 0.327 e. The quantitative estimate of drug-likeness (QED) is 0.753. The Bertz CT molecular complexity index is 336. The number of nitrogens with zero attached hydrogens (tertiary/aromatic N) is 1. The number of rotatable bonds is 3. The standard InChI is InChI=1S/C12H18N2O/c1-10(15)13-12-7-5-11(6-8-12)9-14(2,3)4/h5-8H,9H2,1-4H3/p+1. The molecule has 0 radical (unpaired) electrons. The van der Waals surface area contributed by atoms with Crippen LogP contribution >= 0.6 is 0 Å². The van der Waals surface area contributed by atoms with Crippen LogP contribution in [-0.4, -0.2) is 31.5 Å². The van der Waals surface area contributed by atoms with Gasteiger partial charge in [0.15, 0.2) is 0 Å². The fourth-order valence-corrected chi connectivity index (χ4v) is 1.44. The third kappa shape index (κ3) is 4.61. The summed E-state index contributed by atoms with van der Waals surface area (Å²) in [5, 5.41) is 2.75. The zero-order valence-corrected chi connectivity index (χ0v) is 9.87. The van der Waals surface area contributed by atoms with Crippen molar-refractivity contribution in [3.8, 4) is 0 Å². The molecule has 1 aromatic rings. The first kappa shape index (κ1) is 11.7. The van der Waals surface area contributed by atoms with E-state index in [0.29, 0.717) is 0 Å². The second-order valence-electron chi connectivity index (χ2n) is 4.83. The van der Waals surface area contributed by atoms with Gasteiger partial charge in [-0.25, -0.2) is 0 Å². The molecule has 0 heterocycles. The van der Waals surface area contributed by atoms with Crippen molar-refractivity contribution >= 4 is 11.6 Å². The molecular formula is C12H19N2O+. The number of nitrogens with one attached hydrogen (secondary N) is 1. The Morgan fingerprint density at radius 1 is 1.20 bits per heavy atom. The summed E-state index contributed by atoms with van der Waals surface area (Å²) < 4.78 is 0.902. The SMILES string of the molecule is CC(=O)Nc1ccc(C[N+](C)(C)C)cc1. The lowest BCUT2D eigenvalue weighted by atomic mass is 10.2. The van der Waals surface area contributed by atoms with Gasteiger partial charge >= 0.3 is 0 Å². The molecular weight excluding hydrogens is 188 g/mol. The van der Waals surface area contributed by atoms with Crippen LogP contribution in [0.25, 0.3) is 0 Å². The molecule has 0 saturated carbocycles. The summed E-state index contributed by atoms with van der Waals surface area (Å²) in [5.41, 5.74) is 2.13. The predicted octanol–water partition coefficient (Wildman–Crippen LogP) is 1.85. The summed E-state index contributed by atoms with van der Waals surface area (Å²) in [6.07, 6.45) is 0. The van der Waals surface area contributed by atoms with E-state index in [9.17, 15) is 4.79 Å². The van der Waals surface area contributed by atoms with Crippen molar-refractivity contribution < 1.29 is 9.28 Å². The third-order valence-electron chi connectivity index (χ3n) is 1.93. The van der Waals surface area contributed by atoms with Gasteiger partial charge < -0.3 is 9.80 Å². The average molecular weight is 207 g/mol. The molecule has 1 N–H and O–H groups in total. The maximum absolute atomic E-state index is 10.8. The summed E-state index contributed by atoms with van der Waals surface area (Å²) in [5.74, 6) is -0.0330. The minimum absolute atomic E-state index is 0.0330. The van der Waals surface area contributed by atoms with Crippen LogP contribution in [0, 0.1) is 0 Å². The number of hydrogen-bond acceptors (Lipinski definition) is 1. The average Bonchev–Trinajstić information content (AvgIpc) is 2.05. The molecule has 0 fully saturated rings. The summed E-state index contributed by atoms with van der Waals surface area (Å²) in [6.45, 7) is 2.50. The molecule has 1 rings (SSSR count). The number of anilines is 1. The first-order chi connectivity index (χ1) is 6.87. The number of quaternary nitrogens is 1. The van der Waals surface area contributed by atoms with Crippen LogP contribution in [0.3, 0.4) is 0 Å². The minimum Gasteiger partial charge on any atom is -0.327 e. The lowest BCUT2D eigenvalue weighted by Gasteiger charge is -2.23. The summed E-state index contributed by atoms with van der Waals surface area (Å²) in [4.78, 5) is 10.8. The second-order valence-corrected chi connectivity index (χ2v) is 4.83. The van der Waals surface area contributed by atoms with E-state index in [-0.39, 0.29) is 5.91 Å². The smallest absolute Gasteiger partial charge is 0.221 e. The van der Waals surface area contributed by atoms with E-state index in [2.05, 4.69) is 38.6 Å². The lowest BCUT2D eigenvalue weighted by molar-refractivity contribution is -0.884. The molecule has 0 aromatic heterocycles. The maximum Gasteiger partial charge on any atom is 0.221 e. The van der Waals surface area contributed by atoms with Gasteiger partial charge in [-0.3, -0.25) is 4.79 Å². The topological polar surface area (TPSA) is 29.1 Å². The van der Waals surface area contributed by atoms with Crippen LogP contribution in [0.1, 0.15) is 12.5 Å². The zero-order chi connectivity index (χ0) is 11.5. The first-order valence-corrected chi connectivity index (χ1v) is 5.04. The van der Waals surface area contributed by atoms with Gasteiger partial charge in [-0.05, 0) is 12.1 Å². The zero-order valence-electron chi connectivity index (χ0n) is 9.87. The molecule has 0 unspecified atom stereocenters. The molecule has 0 saturated heterocycles. The van der Waals surface area contributed by atoms with E-state index in [4.69, 9.17) is 0 Å². The van der Waals surface area contributed by atoms with Crippen LogP contribution in [0.2, 0.25) is 0 Å². The van der Waals surface area contributed by atoms with Gasteiger partial charge in [0.1, 0.15) is 6.54 Å². The van der Waals surface area contributed by atoms with Crippen molar-refractivity contribution in [3.63, 3.8) is 0 Å². The minimum atomic E-state index is -0.0330. The Hall–Kier alpha value is -1.35. The fourth-order valence-electron chi connectivity index (χ4n) is 1.44. The Labute approximate surface area is 91.3 Å². The lowest BCUT2D eigenvalue weighted by Crippen LogP contribution is -2.33. The van der Waals surface area contributed by atoms with Gasteiger partial charge in [0.2, 0.25) is 5.91 Å². The number of carbonyl (C=O) groups excluding carboxylic acids is 1. The van der Waals surface area contributed by atoms with Crippen molar-refractivity contribution in [1.82, 2.24) is 0 Å². The van der Waals surface area contributed by atoms with Gasteiger partial charge in [-0.1, -0.05) is 12.1 Å². The van der Waals surface area contributed by atoms with E-state index in [1.54, 1.807) is 0 Å². The van der Waals surface area contributed by atoms with Crippen molar-refractivity contribution in [2.45, 2.75) is 13.5 Å². The number of hydrogen-bond donors (Lipinski definition) is 1. The van der Waals surface area contributed by atoms with Crippen LogP contribution in [0.5, 0.6) is 0 Å². The molecule has 15 heavy (non-hydrogen) atoms. The van der Waals surface area contributed by atoms with Crippen molar-refractivity contribution in [1.29, 1.82) is 0 Å². The van der Waals surface area contributed by atoms with Gasteiger partial charge in [0.05, 0.1) is 21.1 Å². The number of benzene rings is 1. The van der Waals surface area contributed by atoms with E-state index in [1.807, 2.05) is 12.1 Å². The van der Waals surface area contributed by atoms with Gasteiger partial charge in [-0.2, -0.15) is 0 Å². The summed E-state index contributed by atoms with van der Waals surface area (Å²) >= 11 is 0. The maximum atomic E-state index is 10.8. The second kappa shape index (κ2) is 4.45. The highest BCUT2D eigenvalue weighted by molar-refractivity contribution is 5.88. The highest BCUT2D eigenvalue weighted by Crippen LogP contribution is 2.12. The Morgan fingerprint density at radius 3 is 2.13 bits per heavy atom. The summed E-state index contributed by atoms with van der Waals surface area (Å²) in [7, 11) is 6.46. The van der Waals surface area contributed by atoms with Gasteiger partial charge in [0, 0.05) is 18.2 Å². The first-order valence-electron chi connectivity index (χ1n) is 5.04. The number of amides is 1. The molecule has 1 amide bonds. The van der Waals surface area contributed by atoms with Crippen molar-refractivity contribution in [3.05, 3.63) is 29.8 Å². The van der Waals surface area contributed by atoms with Gasteiger partial charge in [-0.15, -0.1) is 0 Å². The highest BCUT2D eigenvalue weighted by Gasteiger charge is 2.07. The molecule has 3 heteroatoms. The third-order valence-corrected chi connectivity index (χ3v) is 1.93. The summed E-state index contributed by atoms with van der Waals surface area (Å²) in [6, 6.07) is 7.97. The molecule has 0 atom stereocenters. The van der Waals surface area contributed by atoms with Gasteiger partial charge in [0.25, 0.3) is 0 Å².